The fourth-order valence-corrected chi connectivity index (χ4v) is 1.11. The summed E-state index contributed by atoms with van der Waals surface area (Å²) in [6.45, 7) is -0.305. The van der Waals surface area contributed by atoms with Crippen molar-refractivity contribution >= 4 is 23.5 Å². The Kier molecular flexibility index (Phi) is 3.51. The topological polar surface area (TPSA) is 89.6 Å². The molecule has 0 aliphatic rings. The summed E-state index contributed by atoms with van der Waals surface area (Å²) in [7, 11) is 0. The van der Waals surface area contributed by atoms with Gasteiger partial charge in [0.2, 0.25) is 0 Å². The van der Waals surface area contributed by atoms with E-state index < -0.39 is 11.9 Å². The standard InChI is InChI=1S/C9H8ClNO4/c10-7-2-1-5(15-4-8(11)12)3-6(7)9(13)14/h1-3H,4H2,(H2,11,12)(H,13,14). The summed E-state index contributed by atoms with van der Waals surface area (Å²) in [4.78, 5) is 21.1. The van der Waals surface area contributed by atoms with E-state index in [4.69, 9.17) is 27.2 Å². The number of hydrogen-bond donors (Lipinski definition) is 2. The molecule has 0 aliphatic heterocycles. The Bertz CT molecular complexity index is 405. The van der Waals surface area contributed by atoms with Crippen LogP contribution in [0.1, 0.15) is 10.4 Å². The van der Waals surface area contributed by atoms with Crippen LogP contribution in [0.25, 0.3) is 0 Å². The lowest BCUT2D eigenvalue weighted by atomic mass is 10.2. The molecule has 1 aromatic rings. The van der Waals surface area contributed by atoms with Crippen molar-refractivity contribution < 1.29 is 19.4 Å². The van der Waals surface area contributed by atoms with Crippen molar-refractivity contribution in [1.82, 2.24) is 0 Å². The second-order valence-electron chi connectivity index (χ2n) is 2.70. The number of ether oxygens (including phenoxy) is 1. The van der Waals surface area contributed by atoms with Gasteiger partial charge in [-0.15, -0.1) is 0 Å². The van der Waals surface area contributed by atoms with Crippen LogP contribution in [-0.2, 0) is 4.79 Å². The number of aromatic carboxylic acids is 1. The van der Waals surface area contributed by atoms with E-state index in [2.05, 4.69) is 0 Å². The van der Waals surface area contributed by atoms with Crippen LogP contribution < -0.4 is 10.5 Å². The number of carboxylic acid groups (broad SMARTS) is 1. The molecular formula is C9H8ClNO4. The molecule has 0 atom stereocenters. The van der Waals surface area contributed by atoms with Crippen molar-refractivity contribution in [1.29, 1.82) is 0 Å². The molecule has 80 valence electrons. The Balaban J connectivity index is 2.87. The van der Waals surface area contributed by atoms with E-state index in [1.54, 1.807) is 0 Å². The normalized spacial score (nSPS) is 9.67. The number of primary amides is 1. The Morgan fingerprint density at radius 1 is 1.47 bits per heavy atom. The summed E-state index contributed by atoms with van der Waals surface area (Å²) >= 11 is 5.63. The lowest BCUT2D eigenvalue weighted by Crippen LogP contribution is -2.20. The fraction of sp³-hybridized carbons (Fsp3) is 0.111. The van der Waals surface area contributed by atoms with Gasteiger partial charge >= 0.3 is 5.97 Å². The van der Waals surface area contributed by atoms with Gasteiger partial charge < -0.3 is 15.6 Å². The molecular weight excluding hydrogens is 222 g/mol. The zero-order chi connectivity index (χ0) is 11.4. The van der Waals surface area contributed by atoms with Crippen LogP contribution >= 0.6 is 11.6 Å². The highest BCUT2D eigenvalue weighted by atomic mass is 35.5. The fourth-order valence-electron chi connectivity index (χ4n) is 0.913. The molecule has 1 rings (SSSR count). The van der Waals surface area contributed by atoms with Gasteiger partial charge in [0.25, 0.3) is 5.91 Å². The highest BCUT2D eigenvalue weighted by Gasteiger charge is 2.10. The van der Waals surface area contributed by atoms with E-state index in [0.29, 0.717) is 0 Å². The van der Waals surface area contributed by atoms with E-state index >= 15 is 0 Å². The molecule has 6 heteroatoms. The van der Waals surface area contributed by atoms with Crippen LogP contribution in [0.5, 0.6) is 5.75 Å². The highest BCUT2D eigenvalue weighted by Crippen LogP contribution is 2.21. The monoisotopic (exact) mass is 229 g/mol. The van der Waals surface area contributed by atoms with Crippen molar-refractivity contribution in [3.8, 4) is 5.75 Å². The maximum Gasteiger partial charge on any atom is 0.337 e. The Labute approximate surface area is 90.4 Å². The number of carboxylic acids is 1. The van der Waals surface area contributed by atoms with Gasteiger partial charge in [-0.3, -0.25) is 4.79 Å². The molecule has 0 radical (unpaired) electrons. The van der Waals surface area contributed by atoms with Crippen LogP contribution in [0, 0.1) is 0 Å². The van der Waals surface area contributed by atoms with E-state index in [0.717, 1.165) is 0 Å². The van der Waals surface area contributed by atoms with Crippen molar-refractivity contribution in [2.75, 3.05) is 6.61 Å². The summed E-state index contributed by atoms with van der Waals surface area (Å²) in [5.41, 5.74) is 4.78. The molecule has 0 saturated carbocycles. The molecule has 0 bridgehead atoms. The summed E-state index contributed by atoms with van der Waals surface area (Å²) in [6.07, 6.45) is 0. The predicted molar refractivity (Wildman–Crippen MR) is 53.1 cm³/mol. The Hall–Kier alpha value is -1.75. The molecule has 0 heterocycles. The molecule has 1 aromatic carbocycles. The van der Waals surface area contributed by atoms with Crippen LogP contribution in [0.2, 0.25) is 5.02 Å². The predicted octanol–water partition coefficient (Wildman–Crippen LogP) is 0.902. The van der Waals surface area contributed by atoms with Crippen LogP contribution in [0.15, 0.2) is 18.2 Å². The van der Waals surface area contributed by atoms with Gasteiger partial charge in [-0.05, 0) is 18.2 Å². The van der Waals surface area contributed by atoms with E-state index in [9.17, 15) is 9.59 Å². The van der Waals surface area contributed by atoms with Crippen molar-refractivity contribution in [2.45, 2.75) is 0 Å². The van der Waals surface area contributed by atoms with Gasteiger partial charge in [0.15, 0.2) is 6.61 Å². The van der Waals surface area contributed by atoms with Gasteiger partial charge in [-0.25, -0.2) is 4.79 Å². The summed E-state index contributed by atoms with van der Waals surface area (Å²) in [5.74, 6) is -1.57. The quantitative estimate of drug-likeness (QED) is 0.803. The van der Waals surface area contributed by atoms with E-state index in [1.165, 1.54) is 18.2 Å². The van der Waals surface area contributed by atoms with Gasteiger partial charge in [0, 0.05) is 0 Å². The van der Waals surface area contributed by atoms with Crippen molar-refractivity contribution in [2.24, 2.45) is 5.73 Å². The molecule has 15 heavy (non-hydrogen) atoms. The maximum absolute atomic E-state index is 10.7. The van der Waals surface area contributed by atoms with Gasteiger partial charge in [-0.2, -0.15) is 0 Å². The summed E-state index contributed by atoms with van der Waals surface area (Å²) in [5, 5.41) is 8.84. The Morgan fingerprint density at radius 2 is 2.13 bits per heavy atom. The average Bonchev–Trinajstić information content (AvgIpc) is 2.16. The second kappa shape index (κ2) is 4.65. The zero-order valence-corrected chi connectivity index (χ0v) is 8.32. The minimum atomic E-state index is -1.16. The van der Waals surface area contributed by atoms with Gasteiger partial charge in [0.05, 0.1) is 10.6 Å². The number of amides is 1. The number of carbonyl (C=O) groups excluding carboxylic acids is 1. The lowest BCUT2D eigenvalue weighted by molar-refractivity contribution is -0.119. The number of nitrogens with two attached hydrogens (primary N) is 1. The minimum absolute atomic E-state index is 0.0846. The first-order valence-corrected chi connectivity index (χ1v) is 4.32. The Morgan fingerprint density at radius 3 is 2.67 bits per heavy atom. The second-order valence-corrected chi connectivity index (χ2v) is 3.11. The summed E-state index contributed by atoms with van der Waals surface area (Å²) < 4.78 is 4.92. The first-order valence-electron chi connectivity index (χ1n) is 3.94. The molecule has 0 fully saturated rings. The third-order valence-electron chi connectivity index (χ3n) is 1.55. The lowest BCUT2D eigenvalue weighted by Gasteiger charge is -2.05. The van der Waals surface area contributed by atoms with Crippen LogP contribution in [0.4, 0.5) is 0 Å². The number of carbonyl (C=O) groups is 2. The molecule has 5 nitrogen and oxygen atoms in total. The largest absolute Gasteiger partial charge is 0.484 e. The summed E-state index contributed by atoms with van der Waals surface area (Å²) in [6, 6.07) is 4.06. The highest BCUT2D eigenvalue weighted by molar-refractivity contribution is 6.33. The number of rotatable bonds is 4. The first kappa shape index (κ1) is 11.3. The average molecular weight is 230 g/mol. The SMILES string of the molecule is NC(=O)COc1ccc(Cl)c(C(=O)O)c1. The zero-order valence-electron chi connectivity index (χ0n) is 7.57. The molecule has 3 N–H and O–H groups in total. The molecule has 0 saturated heterocycles. The van der Waals surface area contributed by atoms with Gasteiger partial charge in [0.1, 0.15) is 5.75 Å². The first-order chi connectivity index (χ1) is 7.00. The van der Waals surface area contributed by atoms with Crippen molar-refractivity contribution in [3.05, 3.63) is 28.8 Å². The van der Waals surface area contributed by atoms with Crippen molar-refractivity contribution in [3.63, 3.8) is 0 Å². The number of halogens is 1. The third-order valence-corrected chi connectivity index (χ3v) is 1.88. The molecule has 1 amide bonds. The third kappa shape index (κ3) is 3.14. The molecule has 0 spiro atoms. The number of hydrogen-bond acceptors (Lipinski definition) is 3. The smallest absolute Gasteiger partial charge is 0.337 e. The number of benzene rings is 1. The van der Waals surface area contributed by atoms with E-state index in [-0.39, 0.29) is 22.9 Å². The molecule has 0 aliphatic carbocycles. The minimum Gasteiger partial charge on any atom is -0.484 e. The van der Waals surface area contributed by atoms with Crippen LogP contribution in [0.3, 0.4) is 0 Å². The maximum atomic E-state index is 10.7. The molecule has 0 unspecified atom stereocenters. The van der Waals surface area contributed by atoms with E-state index in [1.807, 2.05) is 0 Å². The van der Waals surface area contributed by atoms with Crippen LogP contribution in [-0.4, -0.2) is 23.6 Å². The molecule has 0 aromatic heterocycles. The van der Waals surface area contributed by atoms with Gasteiger partial charge in [-0.1, -0.05) is 11.6 Å².